The molecule has 3 rings (SSSR count). The largest absolute Gasteiger partial charge is 0.394 e. The van der Waals surface area contributed by atoms with E-state index in [2.05, 4.69) is 9.97 Å². The Balaban J connectivity index is 2.09. The third-order valence-corrected chi connectivity index (χ3v) is 3.38. The minimum absolute atomic E-state index is 0.0800. The molecule has 0 saturated carbocycles. The maximum Gasteiger partial charge on any atom is 0.351 e. The van der Waals surface area contributed by atoms with Crippen LogP contribution in [0.15, 0.2) is 27.9 Å². The van der Waals surface area contributed by atoms with E-state index in [1.165, 1.54) is 18.3 Å². The van der Waals surface area contributed by atoms with Gasteiger partial charge in [-0.25, -0.2) is 9.18 Å². The van der Waals surface area contributed by atoms with Gasteiger partial charge in [-0.05, 0) is 6.07 Å². The zero-order valence-corrected chi connectivity index (χ0v) is 10.6. The smallest absolute Gasteiger partial charge is 0.351 e. The van der Waals surface area contributed by atoms with Crippen LogP contribution in [0.2, 0.25) is 0 Å². The predicted molar refractivity (Wildman–Crippen MR) is 68.5 cm³/mol. The number of hydrogen-bond acceptors (Lipinski definition) is 6. The molecule has 0 radical (unpaired) electrons. The third kappa shape index (κ3) is 2.24. The minimum Gasteiger partial charge on any atom is -0.394 e. The van der Waals surface area contributed by atoms with E-state index < -0.39 is 42.5 Å². The molecular formula is C12H12FN3O5. The summed E-state index contributed by atoms with van der Waals surface area (Å²) in [4.78, 5) is 29.1. The van der Waals surface area contributed by atoms with Crippen LogP contribution in [-0.2, 0) is 4.74 Å². The molecule has 21 heavy (non-hydrogen) atoms. The van der Waals surface area contributed by atoms with Crippen LogP contribution in [0.5, 0.6) is 0 Å². The van der Waals surface area contributed by atoms with Gasteiger partial charge in [0.2, 0.25) is 5.56 Å². The van der Waals surface area contributed by atoms with Gasteiger partial charge in [0, 0.05) is 17.6 Å². The van der Waals surface area contributed by atoms with Crippen molar-refractivity contribution >= 4 is 11.0 Å². The Morgan fingerprint density at radius 2 is 2.19 bits per heavy atom. The summed E-state index contributed by atoms with van der Waals surface area (Å²) in [7, 11) is 0. The SMILES string of the molecule is O=c1ccc2cn([C@H]3O[C@H](CO)[C@@H](O)C3F)c(=O)nc2[nH]1. The van der Waals surface area contributed by atoms with Gasteiger partial charge in [-0.15, -0.1) is 0 Å². The predicted octanol–water partition coefficient (Wildman–Crippen LogP) is -1.33. The van der Waals surface area contributed by atoms with Gasteiger partial charge in [0.05, 0.1) is 6.61 Å². The van der Waals surface area contributed by atoms with Crippen molar-refractivity contribution in [2.75, 3.05) is 6.61 Å². The minimum atomic E-state index is -1.87. The van der Waals surface area contributed by atoms with E-state index in [0.29, 0.717) is 5.39 Å². The average Bonchev–Trinajstić information content (AvgIpc) is 2.74. The van der Waals surface area contributed by atoms with Crippen molar-refractivity contribution in [3.63, 3.8) is 0 Å². The molecule has 0 spiro atoms. The van der Waals surface area contributed by atoms with E-state index in [9.17, 15) is 19.1 Å². The van der Waals surface area contributed by atoms with Crippen molar-refractivity contribution < 1.29 is 19.3 Å². The molecule has 1 aliphatic rings. The molecule has 0 aromatic carbocycles. The zero-order valence-electron chi connectivity index (χ0n) is 10.6. The number of aliphatic hydroxyl groups is 2. The molecule has 4 atom stereocenters. The van der Waals surface area contributed by atoms with E-state index in [1.54, 1.807) is 0 Å². The first-order valence-corrected chi connectivity index (χ1v) is 6.22. The standard InChI is InChI=1S/C12H12FN3O5/c13-8-9(19)6(4-17)21-11(8)16-3-5-1-2-7(18)14-10(5)15-12(16)20/h1-3,6,8-9,11,17,19H,4H2,(H,14,15,18,20)/t6-,8?,9-,11+/m1/s1. The normalized spacial score (nSPS) is 29.1. The Morgan fingerprint density at radius 1 is 1.43 bits per heavy atom. The molecule has 0 amide bonds. The first-order valence-electron chi connectivity index (χ1n) is 6.22. The van der Waals surface area contributed by atoms with Gasteiger partial charge in [0.25, 0.3) is 0 Å². The molecule has 2 aromatic heterocycles. The number of pyridine rings is 1. The number of H-pyrrole nitrogens is 1. The number of nitrogens with one attached hydrogen (secondary N) is 1. The lowest BCUT2D eigenvalue weighted by atomic mass is 10.1. The third-order valence-electron chi connectivity index (χ3n) is 3.38. The van der Waals surface area contributed by atoms with Crippen LogP contribution < -0.4 is 11.2 Å². The van der Waals surface area contributed by atoms with Crippen molar-refractivity contribution in [3.05, 3.63) is 39.2 Å². The molecule has 1 aliphatic heterocycles. The number of halogens is 1. The number of rotatable bonds is 2. The molecule has 8 nitrogen and oxygen atoms in total. The summed E-state index contributed by atoms with van der Waals surface area (Å²) in [5, 5.41) is 19.0. The van der Waals surface area contributed by atoms with E-state index in [-0.39, 0.29) is 5.65 Å². The molecular weight excluding hydrogens is 285 g/mol. The van der Waals surface area contributed by atoms with Crippen LogP contribution in [0.1, 0.15) is 6.23 Å². The number of aromatic amines is 1. The average molecular weight is 297 g/mol. The number of hydrogen-bond donors (Lipinski definition) is 3. The Morgan fingerprint density at radius 3 is 2.86 bits per heavy atom. The van der Waals surface area contributed by atoms with Crippen LogP contribution >= 0.6 is 0 Å². The summed E-state index contributed by atoms with van der Waals surface area (Å²) in [5.41, 5.74) is -1.16. The van der Waals surface area contributed by atoms with Gasteiger partial charge in [0.1, 0.15) is 17.9 Å². The van der Waals surface area contributed by atoms with Crippen LogP contribution in [0.3, 0.4) is 0 Å². The Labute approximate surface area is 116 Å². The Kier molecular flexibility index (Phi) is 3.32. The first-order chi connectivity index (χ1) is 10.0. The molecule has 1 unspecified atom stereocenters. The van der Waals surface area contributed by atoms with E-state index in [0.717, 1.165) is 4.57 Å². The highest BCUT2D eigenvalue weighted by molar-refractivity contribution is 5.72. The van der Waals surface area contributed by atoms with E-state index >= 15 is 0 Å². The lowest BCUT2D eigenvalue weighted by molar-refractivity contribution is -0.0489. The van der Waals surface area contributed by atoms with Gasteiger partial charge in [0.15, 0.2) is 12.4 Å². The second kappa shape index (κ2) is 5.02. The fourth-order valence-electron chi connectivity index (χ4n) is 2.29. The fourth-order valence-corrected chi connectivity index (χ4v) is 2.29. The fraction of sp³-hybridized carbons (Fsp3) is 0.417. The second-order valence-corrected chi connectivity index (χ2v) is 4.74. The number of aliphatic hydroxyl groups excluding tert-OH is 2. The van der Waals surface area contributed by atoms with Crippen LogP contribution in [0.4, 0.5) is 4.39 Å². The second-order valence-electron chi connectivity index (χ2n) is 4.74. The molecule has 0 aliphatic carbocycles. The maximum atomic E-state index is 14.0. The zero-order chi connectivity index (χ0) is 15.1. The molecule has 1 fully saturated rings. The van der Waals surface area contributed by atoms with Crippen molar-refractivity contribution in [1.82, 2.24) is 14.5 Å². The van der Waals surface area contributed by atoms with Crippen LogP contribution in [0, 0.1) is 0 Å². The van der Waals surface area contributed by atoms with Gasteiger partial charge < -0.3 is 19.9 Å². The highest BCUT2D eigenvalue weighted by Gasteiger charge is 2.45. The lowest BCUT2D eigenvalue weighted by Crippen LogP contribution is -2.33. The summed E-state index contributed by atoms with van der Waals surface area (Å²) in [5.74, 6) is 0. The maximum absolute atomic E-state index is 14.0. The summed E-state index contributed by atoms with van der Waals surface area (Å²) in [6, 6.07) is 2.67. The highest BCUT2D eigenvalue weighted by atomic mass is 19.1. The first kappa shape index (κ1) is 13.9. The Bertz CT molecular complexity index is 788. The van der Waals surface area contributed by atoms with Crippen LogP contribution in [-0.4, -0.2) is 49.7 Å². The number of alkyl halides is 1. The van der Waals surface area contributed by atoms with Crippen molar-refractivity contribution in [2.24, 2.45) is 0 Å². The summed E-state index contributed by atoms with van der Waals surface area (Å²) in [6.45, 7) is -0.568. The summed E-state index contributed by atoms with van der Waals surface area (Å²) in [6.07, 6.45) is -4.61. The topological polar surface area (TPSA) is 117 Å². The molecule has 9 heteroatoms. The van der Waals surface area contributed by atoms with Crippen LogP contribution in [0.25, 0.3) is 11.0 Å². The van der Waals surface area contributed by atoms with E-state index in [1.807, 2.05) is 0 Å². The van der Waals surface area contributed by atoms with Crippen molar-refractivity contribution in [3.8, 4) is 0 Å². The van der Waals surface area contributed by atoms with Crippen molar-refractivity contribution in [2.45, 2.75) is 24.6 Å². The van der Waals surface area contributed by atoms with Gasteiger partial charge >= 0.3 is 5.69 Å². The Hall–Kier alpha value is -2.10. The quantitative estimate of drug-likeness (QED) is 0.632. The summed E-state index contributed by atoms with van der Waals surface area (Å²) >= 11 is 0. The molecule has 2 aromatic rings. The van der Waals surface area contributed by atoms with Gasteiger partial charge in [-0.2, -0.15) is 4.98 Å². The highest BCUT2D eigenvalue weighted by Crippen LogP contribution is 2.30. The molecule has 3 heterocycles. The molecule has 112 valence electrons. The molecule has 1 saturated heterocycles. The number of fused-ring (bicyclic) bond motifs is 1. The number of aromatic nitrogens is 3. The van der Waals surface area contributed by atoms with Gasteiger partial charge in [-0.1, -0.05) is 0 Å². The number of nitrogens with zero attached hydrogens (tertiary/aromatic N) is 2. The van der Waals surface area contributed by atoms with Crippen molar-refractivity contribution in [1.29, 1.82) is 0 Å². The number of ether oxygens (including phenoxy) is 1. The molecule has 0 bridgehead atoms. The van der Waals surface area contributed by atoms with E-state index in [4.69, 9.17) is 9.84 Å². The van der Waals surface area contributed by atoms with Gasteiger partial charge in [-0.3, -0.25) is 9.36 Å². The molecule has 3 N–H and O–H groups in total. The lowest BCUT2D eigenvalue weighted by Gasteiger charge is -2.16. The summed E-state index contributed by atoms with van der Waals surface area (Å²) < 4.78 is 20.1. The monoisotopic (exact) mass is 297 g/mol.